The van der Waals surface area contributed by atoms with Gasteiger partial charge in [0.2, 0.25) is 0 Å². The topological polar surface area (TPSA) is 57.1 Å². The van der Waals surface area contributed by atoms with Gasteiger partial charge in [-0.05, 0) is 86.9 Å². The van der Waals surface area contributed by atoms with Crippen LogP contribution in [0.3, 0.4) is 0 Å². The SMILES string of the molecule is Brc1ccc(Oc2nc(Oc3ccc(Br)cc3)nc(-c3ccc4ccc5cccc6ccc3c4c56)n2)cc1. The van der Waals surface area contributed by atoms with Crippen LogP contribution in [0.1, 0.15) is 0 Å². The van der Waals surface area contributed by atoms with Crippen LogP contribution < -0.4 is 9.47 Å². The zero-order valence-electron chi connectivity index (χ0n) is 19.7. The lowest BCUT2D eigenvalue weighted by molar-refractivity contribution is 0.398. The maximum atomic E-state index is 6.05. The third-order valence-corrected chi connectivity index (χ3v) is 7.47. The number of hydrogen-bond donors (Lipinski definition) is 0. The number of halogens is 2. The molecule has 0 spiro atoms. The van der Waals surface area contributed by atoms with E-state index in [-0.39, 0.29) is 12.0 Å². The minimum atomic E-state index is 0.148. The lowest BCUT2D eigenvalue weighted by Gasteiger charge is -2.14. The van der Waals surface area contributed by atoms with Crippen molar-refractivity contribution < 1.29 is 9.47 Å². The minimum absolute atomic E-state index is 0.148. The van der Waals surface area contributed by atoms with E-state index in [1.54, 1.807) is 0 Å². The van der Waals surface area contributed by atoms with Crippen LogP contribution in [0.15, 0.2) is 112 Å². The van der Waals surface area contributed by atoms with E-state index in [1.165, 1.54) is 26.9 Å². The molecule has 7 heteroatoms. The van der Waals surface area contributed by atoms with E-state index in [4.69, 9.17) is 19.4 Å². The van der Waals surface area contributed by atoms with Gasteiger partial charge in [-0.3, -0.25) is 0 Å². The van der Waals surface area contributed by atoms with Gasteiger partial charge >= 0.3 is 12.0 Å². The number of benzene rings is 6. The van der Waals surface area contributed by atoms with Gasteiger partial charge < -0.3 is 9.47 Å². The molecule has 0 aliphatic rings. The Hall–Kier alpha value is -4.07. The fourth-order valence-electron chi connectivity index (χ4n) is 4.70. The van der Waals surface area contributed by atoms with Crippen LogP contribution in [-0.4, -0.2) is 15.0 Å². The highest BCUT2D eigenvalue weighted by molar-refractivity contribution is 9.10. The summed E-state index contributed by atoms with van der Waals surface area (Å²) >= 11 is 6.92. The first-order chi connectivity index (χ1) is 18.6. The summed E-state index contributed by atoms with van der Waals surface area (Å²) in [5.74, 6) is 1.68. The third kappa shape index (κ3) is 4.23. The molecule has 7 rings (SSSR count). The number of aromatic nitrogens is 3. The van der Waals surface area contributed by atoms with Gasteiger partial charge in [-0.2, -0.15) is 9.97 Å². The zero-order chi connectivity index (χ0) is 25.6. The molecule has 1 aromatic heterocycles. The van der Waals surface area contributed by atoms with E-state index in [0.717, 1.165) is 19.9 Å². The first kappa shape index (κ1) is 23.1. The summed E-state index contributed by atoms with van der Waals surface area (Å²) < 4.78 is 14.0. The lowest BCUT2D eigenvalue weighted by Crippen LogP contribution is -2.01. The van der Waals surface area contributed by atoms with Gasteiger partial charge in [-0.1, -0.05) is 80.4 Å². The molecule has 6 aromatic carbocycles. The molecule has 182 valence electrons. The summed E-state index contributed by atoms with van der Waals surface area (Å²) in [7, 11) is 0. The van der Waals surface area contributed by atoms with Crippen molar-refractivity contribution in [2.75, 3.05) is 0 Å². The summed E-state index contributed by atoms with van der Waals surface area (Å²) in [4.78, 5) is 13.9. The summed E-state index contributed by atoms with van der Waals surface area (Å²) in [5, 5.41) is 7.04. The average Bonchev–Trinajstić information content (AvgIpc) is 2.94. The first-order valence-corrected chi connectivity index (χ1v) is 13.5. The molecule has 0 saturated heterocycles. The molecule has 7 aromatic rings. The van der Waals surface area contributed by atoms with Crippen LogP contribution in [0.5, 0.6) is 23.5 Å². The standard InChI is InChI=1S/C31H17Br2N3O2/c32-21-8-12-23(13-9-21)37-30-34-29(35-31(36-30)38-24-14-10-22(33)11-15-24)26-17-7-20-5-4-18-2-1-3-19-6-16-25(26)28(20)27(18)19/h1-17H. The Morgan fingerprint density at radius 3 is 1.55 bits per heavy atom. The molecular weight excluding hydrogens is 606 g/mol. The lowest BCUT2D eigenvalue weighted by atomic mass is 9.92. The number of hydrogen-bond acceptors (Lipinski definition) is 5. The predicted molar refractivity (Wildman–Crippen MR) is 157 cm³/mol. The zero-order valence-corrected chi connectivity index (χ0v) is 22.9. The molecule has 0 aliphatic heterocycles. The average molecular weight is 623 g/mol. The summed E-state index contributed by atoms with van der Waals surface area (Å²) in [6.07, 6.45) is 0. The second-order valence-corrected chi connectivity index (χ2v) is 10.6. The summed E-state index contributed by atoms with van der Waals surface area (Å²) in [6.45, 7) is 0. The smallest absolute Gasteiger partial charge is 0.328 e. The fraction of sp³-hybridized carbons (Fsp3) is 0. The highest BCUT2D eigenvalue weighted by atomic mass is 79.9. The second kappa shape index (κ2) is 9.35. The Labute approximate surface area is 234 Å². The van der Waals surface area contributed by atoms with Gasteiger partial charge in [-0.15, -0.1) is 4.98 Å². The molecule has 0 saturated carbocycles. The Morgan fingerprint density at radius 1 is 0.474 bits per heavy atom. The Balaban J connectivity index is 1.40. The molecule has 0 unspecified atom stereocenters. The number of ether oxygens (including phenoxy) is 2. The molecule has 0 atom stereocenters. The van der Waals surface area contributed by atoms with Crippen LogP contribution in [-0.2, 0) is 0 Å². The van der Waals surface area contributed by atoms with Crippen LogP contribution >= 0.6 is 31.9 Å². The minimum Gasteiger partial charge on any atom is -0.424 e. The second-order valence-electron chi connectivity index (χ2n) is 8.81. The largest absolute Gasteiger partial charge is 0.424 e. The van der Waals surface area contributed by atoms with E-state index in [0.29, 0.717) is 17.3 Å². The molecular formula is C31H17Br2N3O2. The van der Waals surface area contributed by atoms with E-state index >= 15 is 0 Å². The summed E-state index contributed by atoms with van der Waals surface area (Å²) in [6, 6.07) is 34.4. The fourth-order valence-corrected chi connectivity index (χ4v) is 5.22. The Kier molecular flexibility index (Phi) is 5.68. The number of nitrogens with zero attached hydrogens (tertiary/aromatic N) is 3. The molecule has 0 amide bonds. The Bertz CT molecular complexity index is 1860. The monoisotopic (exact) mass is 621 g/mol. The van der Waals surface area contributed by atoms with Crippen molar-refractivity contribution in [1.29, 1.82) is 0 Å². The molecule has 5 nitrogen and oxygen atoms in total. The molecule has 0 N–H and O–H groups in total. The maximum Gasteiger partial charge on any atom is 0.328 e. The Morgan fingerprint density at radius 2 is 0.974 bits per heavy atom. The molecule has 1 heterocycles. The highest BCUT2D eigenvalue weighted by Gasteiger charge is 2.17. The van der Waals surface area contributed by atoms with Crippen molar-refractivity contribution in [3.05, 3.63) is 112 Å². The van der Waals surface area contributed by atoms with Crippen molar-refractivity contribution in [2.45, 2.75) is 0 Å². The van der Waals surface area contributed by atoms with Gasteiger partial charge in [0.1, 0.15) is 11.5 Å². The van der Waals surface area contributed by atoms with Crippen molar-refractivity contribution in [2.24, 2.45) is 0 Å². The van der Waals surface area contributed by atoms with Crippen molar-refractivity contribution in [3.63, 3.8) is 0 Å². The van der Waals surface area contributed by atoms with E-state index in [2.05, 4.69) is 85.4 Å². The van der Waals surface area contributed by atoms with Gasteiger partial charge in [0.15, 0.2) is 5.82 Å². The van der Waals surface area contributed by atoms with Crippen molar-refractivity contribution in [1.82, 2.24) is 15.0 Å². The van der Waals surface area contributed by atoms with Crippen LogP contribution in [0.2, 0.25) is 0 Å². The normalized spacial score (nSPS) is 11.4. The molecule has 38 heavy (non-hydrogen) atoms. The predicted octanol–water partition coefficient (Wildman–Crippen LogP) is 9.55. The molecule has 0 bridgehead atoms. The third-order valence-electron chi connectivity index (χ3n) is 6.41. The van der Waals surface area contributed by atoms with Crippen LogP contribution in [0.4, 0.5) is 0 Å². The van der Waals surface area contributed by atoms with Crippen LogP contribution in [0.25, 0.3) is 43.7 Å². The van der Waals surface area contributed by atoms with Crippen molar-refractivity contribution in [3.8, 4) is 34.9 Å². The molecule has 0 aliphatic carbocycles. The van der Waals surface area contributed by atoms with E-state index in [9.17, 15) is 0 Å². The van der Waals surface area contributed by atoms with Gasteiger partial charge in [0, 0.05) is 14.5 Å². The van der Waals surface area contributed by atoms with Gasteiger partial charge in [0.05, 0.1) is 0 Å². The van der Waals surface area contributed by atoms with Gasteiger partial charge in [-0.25, -0.2) is 0 Å². The summed E-state index contributed by atoms with van der Waals surface area (Å²) in [5.41, 5.74) is 0.875. The van der Waals surface area contributed by atoms with E-state index < -0.39 is 0 Å². The molecule has 0 fully saturated rings. The molecule has 0 radical (unpaired) electrons. The van der Waals surface area contributed by atoms with Gasteiger partial charge in [0.25, 0.3) is 0 Å². The maximum absolute atomic E-state index is 6.05. The highest BCUT2D eigenvalue weighted by Crippen LogP contribution is 2.39. The van der Waals surface area contributed by atoms with Crippen molar-refractivity contribution >= 4 is 64.2 Å². The van der Waals surface area contributed by atoms with Crippen LogP contribution in [0, 0.1) is 0 Å². The number of rotatable bonds is 5. The first-order valence-electron chi connectivity index (χ1n) is 11.9. The quantitative estimate of drug-likeness (QED) is 0.179. The van der Waals surface area contributed by atoms with E-state index in [1.807, 2.05) is 54.6 Å².